The van der Waals surface area contributed by atoms with Gasteiger partial charge in [-0.2, -0.15) is 0 Å². The first kappa shape index (κ1) is 33.8. The fourth-order valence-electron chi connectivity index (χ4n) is 3.89. The van der Waals surface area contributed by atoms with Gasteiger partial charge in [-0.1, -0.05) is 23.2 Å². The predicted molar refractivity (Wildman–Crippen MR) is 157 cm³/mol. The molecule has 0 aliphatic rings. The number of pyridine rings is 1. The number of halogens is 2. The molecule has 224 valence electrons. The number of aryl methyl sites for hydroxylation is 1. The summed E-state index contributed by atoms with van der Waals surface area (Å²) in [5, 5.41) is 12.4. The van der Waals surface area contributed by atoms with E-state index >= 15 is 0 Å². The summed E-state index contributed by atoms with van der Waals surface area (Å²) in [6.45, 7) is 7.32. The molecule has 2 amide bonds. The van der Waals surface area contributed by atoms with Crippen LogP contribution in [0.2, 0.25) is 10.0 Å². The number of methoxy groups -OCH3 is 1. The van der Waals surface area contributed by atoms with Crippen LogP contribution in [0.5, 0.6) is 5.75 Å². The maximum Gasteiger partial charge on any atom is 0.416 e. The smallest absolute Gasteiger partial charge is 0.416 e. The molecule has 1 aromatic heterocycles. The molecule has 2 rings (SSSR count). The van der Waals surface area contributed by atoms with E-state index in [1.165, 1.54) is 24.1 Å². The van der Waals surface area contributed by atoms with E-state index in [1.54, 1.807) is 33.0 Å². The first-order valence-corrected chi connectivity index (χ1v) is 13.9. The molecule has 1 heterocycles. The first-order valence-electron chi connectivity index (χ1n) is 13.2. The number of amides is 2. The van der Waals surface area contributed by atoms with Crippen LogP contribution in [0, 0.1) is 6.92 Å². The van der Waals surface area contributed by atoms with Gasteiger partial charge in [0, 0.05) is 31.5 Å². The highest BCUT2D eigenvalue weighted by molar-refractivity contribution is 6.37. The van der Waals surface area contributed by atoms with Gasteiger partial charge in [0.2, 0.25) is 5.91 Å². The van der Waals surface area contributed by atoms with Gasteiger partial charge in [0.25, 0.3) is 0 Å². The number of Topliss-reactive ketones (excluding diaryl/α,β-unsaturated/α-hetero) is 1. The van der Waals surface area contributed by atoms with Crippen LogP contribution >= 0.6 is 23.2 Å². The maximum atomic E-state index is 12.8. The van der Waals surface area contributed by atoms with E-state index in [1.807, 2.05) is 13.0 Å². The number of carbonyl (C=O) groups is 4. The fourth-order valence-corrected chi connectivity index (χ4v) is 4.39. The average Bonchev–Trinajstić information content (AvgIpc) is 2.88. The lowest BCUT2D eigenvalue weighted by molar-refractivity contribution is -0.141. The van der Waals surface area contributed by atoms with Crippen molar-refractivity contribution in [3.63, 3.8) is 0 Å². The number of esters is 1. The number of ether oxygens (including phenoxy) is 2. The normalized spacial score (nSPS) is 11.9. The minimum atomic E-state index is -0.678. The van der Waals surface area contributed by atoms with Crippen LogP contribution < -0.4 is 10.2 Å². The Hall–Kier alpha value is -3.37. The Labute approximate surface area is 250 Å². The van der Waals surface area contributed by atoms with Crippen molar-refractivity contribution < 1.29 is 33.8 Å². The lowest BCUT2D eigenvalue weighted by atomic mass is 9.90. The number of carbonyl (C=O) groups excluding carboxylic acids is 4. The molecule has 2 aromatic rings. The Balaban J connectivity index is 1.91. The van der Waals surface area contributed by atoms with E-state index < -0.39 is 23.6 Å². The molecule has 0 fully saturated rings. The second-order valence-corrected chi connectivity index (χ2v) is 11.4. The number of ketones is 1. The quantitative estimate of drug-likeness (QED) is 0.217. The molecule has 0 aliphatic carbocycles. The van der Waals surface area contributed by atoms with Crippen molar-refractivity contribution >= 4 is 52.8 Å². The number of nitrogens with zero attached hydrogens (tertiary/aromatic N) is 2. The number of hydrogen-bond acceptors (Lipinski definition) is 8. The molecule has 12 heteroatoms. The Morgan fingerprint density at radius 3 is 2.32 bits per heavy atom. The third-order valence-corrected chi connectivity index (χ3v) is 6.51. The number of rotatable bonds is 13. The number of benzene rings is 1. The van der Waals surface area contributed by atoms with Gasteiger partial charge in [-0.15, -0.1) is 0 Å². The average molecular weight is 611 g/mol. The van der Waals surface area contributed by atoms with Crippen molar-refractivity contribution in [2.45, 2.75) is 71.3 Å². The van der Waals surface area contributed by atoms with Crippen LogP contribution in [-0.2, 0) is 23.9 Å². The summed E-state index contributed by atoms with van der Waals surface area (Å²) in [5.41, 5.74) is 0.751. The van der Waals surface area contributed by atoms with Gasteiger partial charge >= 0.3 is 12.1 Å². The van der Waals surface area contributed by atoms with E-state index in [4.69, 9.17) is 32.7 Å². The van der Waals surface area contributed by atoms with Crippen LogP contribution in [0.15, 0.2) is 30.5 Å². The molecule has 0 aliphatic heterocycles. The summed E-state index contributed by atoms with van der Waals surface area (Å²) in [5.74, 6) is -1.61. The molecule has 0 spiro atoms. The van der Waals surface area contributed by atoms with Crippen LogP contribution in [0.3, 0.4) is 0 Å². The molecule has 0 radical (unpaired) electrons. The van der Waals surface area contributed by atoms with Crippen molar-refractivity contribution in [1.82, 2.24) is 10.3 Å². The van der Waals surface area contributed by atoms with Crippen molar-refractivity contribution in [2.24, 2.45) is 0 Å². The Morgan fingerprint density at radius 2 is 1.73 bits per heavy atom. The van der Waals surface area contributed by atoms with Crippen molar-refractivity contribution in [2.75, 3.05) is 25.1 Å². The Morgan fingerprint density at radius 1 is 1.07 bits per heavy atom. The topological polar surface area (TPSA) is 135 Å². The lowest BCUT2D eigenvalue weighted by Gasteiger charge is -2.27. The van der Waals surface area contributed by atoms with E-state index in [9.17, 15) is 24.3 Å². The van der Waals surface area contributed by atoms with Crippen molar-refractivity contribution in [3.05, 3.63) is 51.6 Å². The second kappa shape index (κ2) is 15.6. The number of phenols is 1. The highest BCUT2D eigenvalue weighted by Crippen LogP contribution is 2.37. The third-order valence-electron chi connectivity index (χ3n) is 5.94. The molecule has 0 bridgehead atoms. The number of hydrogen-bond donors (Lipinski definition) is 2. The molecule has 10 nitrogen and oxygen atoms in total. The molecule has 1 aromatic carbocycles. The van der Waals surface area contributed by atoms with Gasteiger partial charge in [0.1, 0.15) is 11.4 Å². The van der Waals surface area contributed by atoms with E-state index in [0.29, 0.717) is 30.8 Å². The minimum Gasteiger partial charge on any atom is -0.505 e. The predicted octanol–water partition coefficient (Wildman–Crippen LogP) is 5.74. The van der Waals surface area contributed by atoms with E-state index in [-0.39, 0.29) is 53.3 Å². The van der Waals surface area contributed by atoms with Gasteiger partial charge in [-0.3, -0.25) is 19.3 Å². The van der Waals surface area contributed by atoms with Crippen LogP contribution in [0.25, 0.3) is 0 Å². The number of aromatic hydroxyl groups is 1. The summed E-state index contributed by atoms with van der Waals surface area (Å²) < 4.78 is 10.3. The lowest BCUT2D eigenvalue weighted by Crippen LogP contribution is -2.38. The van der Waals surface area contributed by atoms with Gasteiger partial charge in [0.05, 0.1) is 30.1 Å². The largest absolute Gasteiger partial charge is 0.505 e. The van der Waals surface area contributed by atoms with Crippen LogP contribution in [-0.4, -0.2) is 59.6 Å². The van der Waals surface area contributed by atoms with E-state index in [0.717, 1.165) is 5.56 Å². The summed E-state index contributed by atoms with van der Waals surface area (Å²) in [7, 11) is 1.24. The molecule has 41 heavy (non-hydrogen) atoms. The summed E-state index contributed by atoms with van der Waals surface area (Å²) >= 11 is 12.0. The van der Waals surface area contributed by atoms with Crippen LogP contribution in [0.1, 0.15) is 69.9 Å². The number of unbranched alkanes of at least 4 members (excludes halogenated alkanes) is 1. The van der Waals surface area contributed by atoms with E-state index in [2.05, 4.69) is 10.3 Å². The number of aromatic nitrogens is 1. The van der Waals surface area contributed by atoms with Gasteiger partial charge < -0.3 is 19.9 Å². The molecular formula is C29H37Cl2N3O7. The SMILES string of the molecule is COC(=O)CC(CC(=O)CNC(=O)CCCCN(C(=O)OC(C)(C)C)c1cc(C)ccn1)c1cc(Cl)c(O)c(Cl)c1. The second-order valence-electron chi connectivity index (χ2n) is 10.6. The zero-order valence-corrected chi connectivity index (χ0v) is 25.5. The number of anilines is 1. The monoisotopic (exact) mass is 609 g/mol. The summed E-state index contributed by atoms with van der Waals surface area (Å²) in [6, 6.07) is 6.50. The van der Waals surface area contributed by atoms with Crippen molar-refractivity contribution in [1.29, 1.82) is 0 Å². The Kier molecular flexibility index (Phi) is 12.9. The molecule has 1 unspecified atom stereocenters. The first-order chi connectivity index (χ1) is 19.2. The molecule has 2 N–H and O–H groups in total. The standard InChI is InChI=1S/C29H37Cl2N3O7/c1-18-9-10-32-24(12-18)34(28(39)41-29(2,3)4)11-7-6-8-25(36)33-17-21(35)13-19(16-26(37)40-5)20-14-22(30)27(38)23(31)15-20/h9-10,12,14-15,19,38H,6-8,11,13,16-17H2,1-5H3,(H,33,36). The highest BCUT2D eigenvalue weighted by atomic mass is 35.5. The third kappa shape index (κ3) is 11.6. The van der Waals surface area contributed by atoms with Crippen molar-refractivity contribution in [3.8, 4) is 5.75 Å². The van der Waals surface area contributed by atoms with Gasteiger partial charge in [0.15, 0.2) is 11.5 Å². The summed E-state index contributed by atoms with van der Waals surface area (Å²) in [4.78, 5) is 55.6. The Bertz CT molecular complexity index is 1220. The molecule has 1 atom stereocenters. The number of phenolic OH excluding ortho intramolecular Hbond substituents is 1. The zero-order chi connectivity index (χ0) is 30.7. The molecular weight excluding hydrogens is 573 g/mol. The molecule has 0 saturated carbocycles. The number of nitrogens with one attached hydrogen (secondary N) is 1. The van der Waals surface area contributed by atoms with Crippen LogP contribution in [0.4, 0.5) is 10.6 Å². The van der Waals surface area contributed by atoms with Gasteiger partial charge in [-0.25, -0.2) is 9.78 Å². The zero-order valence-electron chi connectivity index (χ0n) is 24.0. The van der Waals surface area contributed by atoms with Gasteiger partial charge in [-0.05, 0) is 75.9 Å². The minimum absolute atomic E-state index is 0.00784. The highest BCUT2D eigenvalue weighted by Gasteiger charge is 2.25. The molecule has 0 saturated heterocycles. The maximum absolute atomic E-state index is 12.8. The fraction of sp³-hybridized carbons (Fsp3) is 0.483. The summed E-state index contributed by atoms with van der Waals surface area (Å²) in [6.07, 6.45) is 2.00.